The molecular formula is C12H11BrO. The third-order valence-electron chi connectivity index (χ3n) is 2.15. The fourth-order valence-corrected chi connectivity index (χ4v) is 1.65. The van der Waals surface area contributed by atoms with Crippen LogP contribution in [0.1, 0.15) is 18.4 Å². The highest BCUT2D eigenvalue weighted by Crippen LogP contribution is 2.12. The Bertz CT molecular complexity index is 352. The Balaban J connectivity index is 2.05. The summed E-state index contributed by atoms with van der Waals surface area (Å²) in [6.07, 6.45) is 2.36. The van der Waals surface area contributed by atoms with Crippen molar-refractivity contribution < 1.29 is 4.74 Å². The van der Waals surface area contributed by atoms with Gasteiger partial charge in [-0.3, -0.25) is 0 Å². The Kier molecular flexibility index (Phi) is 3.23. The van der Waals surface area contributed by atoms with Crippen LogP contribution >= 0.6 is 15.9 Å². The predicted octanol–water partition coefficient (Wildman–Crippen LogP) is 2.98. The lowest BCUT2D eigenvalue weighted by molar-refractivity contribution is 0.152. The molecule has 14 heavy (non-hydrogen) atoms. The van der Waals surface area contributed by atoms with Crippen molar-refractivity contribution in [1.82, 2.24) is 0 Å². The third-order valence-corrected chi connectivity index (χ3v) is 2.68. The molecule has 1 aromatic rings. The standard InChI is InChI=1S/C12H11BrO/c13-11-6-3-10(4-7-11)5-8-12-2-1-9-14-12/h3-4,6-7,12H,1-2,9H2/t12-/m1/s1. The summed E-state index contributed by atoms with van der Waals surface area (Å²) in [4.78, 5) is 0. The Hall–Kier alpha value is -0.780. The monoisotopic (exact) mass is 250 g/mol. The summed E-state index contributed by atoms with van der Waals surface area (Å²) in [5.74, 6) is 6.25. The van der Waals surface area contributed by atoms with Crippen LogP contribution in [0.5, 0.6) is 0 Å². The Morgan fingerprint density at radius 3 is 2.71 bits per heavy atom. The highest BCUT2D eigenvalue weighted by Gasteiger charge is 2.11. The van der Waals surface area contributed by atoms with Gasteiger partial charge < -0.3 is 4.74 Å². The van der Waals surface area contributed by atoms with Crippen molar-refractivity contribution in [2.75, 3.05) is 6.61 Å². The molecule has 2 rings (SSSR count). The van der Waals surface area contributed by atoms with E-state index in [4.69, 9.17) is 4.74 Å². The number of halogens is 1. The minimum atomic E-state index is 0.152. The van der Waals surface area contributed by atoms with Gasteiger partial charge >= 0.3 is 0 Å². The van der Waals surface area contributed by atoms with E-state index < -0.39 is 0 Å². The SMILES string of the molecule is Brc1ccc(C#C[C@H]2CCCO2)cc1. The van der Waals surface area contributed by atoms with Crippen molar-refractivity contribution in [1.29, 1.82) is 0 Å². The predicted molar refractivity (Wildman–Crippen MR) is 60.0 cm³/mol. The molecule has 1 nitrogen and oxygen atoms in total. The lowest BCUT2D eigenvalue weighted by Crippen LogP contribution is -1.99. The number of benzene rings is 1. The second-order valence-corrected chi connectivity index (χ2v) is 4.19. The van der Waals surface area contributed by atoms with Gasteiger partial charge in [0.1, 0.15) is 6.10 Å². The summed E-state index contributed by atoms with van der Waals surface area (Å²) in [6, 6.07) is 8.01. The van der Waals surface area contributed by atoms with Crippen LogP contribution < -0.4 is 0 Å². The molecule has 1 aliphatic heterocycles. The summed E-state index contributed by atoms with van der Waals surface area (Å²) in [5.41, 5.74) is 1.05. The summed E-state index contributed by atoms with van der Waals surface area (Å²) in [5, 5.41) is 0. The molecule has 72 valence electrons. The molecule has 0 N–H and O–H groups in total. The normalized spacial score (nSPS) is 20.2. The van der Waals surface area contributed by atoms with Crippen LogP contribution in [0.2, 0.25) is 0 Å². The maximum absolute atomic E-state index is 5.42. The molecule has 1 aliphatic rings. The van der Waals surface area contributed by atoms with Crippen LogP contribution in [0.4, 0.5) is 0 Å². The molecule has 1 fully saturated rings. The molecule has 0 bridgehead atoms. The number of hydrogen-bond donors (Lipinski definition) is 0. The van der Waals surface area contributed by atoms with E-state index in [0.717, 1.165) is 29.5 Å². The van der Waals surface area contributed by atoms with Gasteiger partial charge in [0, 0.05) is 16.6 Å². The van der Waals surface area contributed by atoms with Crippen LogP contribution in [-0.2, 0) is 4.74 Å². The zero-order valence-corrected chi connectivity index (χ0v) is 9.38. The van der Waals surface area contributed by atoms with E-state index in [0.29, 0.717) is 0 Å². The molecule has 1 aromatic carbocycles. The zero-order valence-electron chi connectivity index (χ0n) is 7.79. The van der Waals surface area contributed by atoms with Crippen LogP contribution in [0, 0.1) is 11.8 Å². The van der Waals surface area contributed by atoms with Gasteiger partial charge in [0.2, 0.25) is 0 Å². The van der Waals surface area contributed by atoms with Crippen molar-refractivity contribution in [2.24, 2.45) is 0 Å². The molecule has 0 aliphatic carbocycles. The summed E-state index contributed by atoms with van der Waals surface area (Å²) < 4.78 is 6.50. The van der Waals surface area contributed by atoms with E-state index in [1.54, 1.807) is 0 Å². The summed E-state index contributed by atoms with van der Waals surface area (Å²) in [6.45, 7) is 0.861. The molecule has 0 spiro atoms. The van der Waals surface area contributed by atoms with Crippen molar-refractivity contribution in [3.8, 4) is 11.8 Å². The van der Waals surface area contributed by atoms with E-state index in [9.17, 15) is 0 Å². The van der Waals surface area contributed by atoms with Crippen LogP contribution in [0.15, 0.2) is 28.7 Å². The number of ether oxygens (including phenoxy) is 1. The maximum atomic E-state index is 5.42. The molecule has 1 heterocycles. The van der Waals surface area contributed by atoms with Gasteiger partial charge in [-0.2, -0.15) is 0 Å². The van der Waals surface area contributed by atoms with E-state index in [2.05, 4.69) is 27.8 Å². The lowest BCUT2D eigenvalue weighted by atomic mass is 10.2. The molecule has 0 aromatic heterocycles. The number of rotatable bonds is 0. The van der Waals surface area contributed by atoms with Crippen LogP contribution in [0.25, 0.3) is 0 Å². The quantitative estimate of drug-likeness (QED) is 0.644. The highest BCUT2D eigenvalue weighted by molar-refractivity contribution is 9.10. The molecule has 1 saturated heterocycles. The third kappa shape index (κ3) is 2.60. The second-order valence-electron chi connectivity index (χ2n) is 3.28. The van der Waals surface area contributed by atoms with Gasteiger partial charge in [0.15, 0.2) is 0 Å². The van der Waals surface area contributed by atoms with Gasteiger partial charge in [0.25, 0.3) is 0 Å². The van der Waals surface area contributed by atoms with Gasteiger partial charge in [-0.05, 0) is 37.1 Å². The molecule has 1 atom stereocenters. The average molecular weight is 251 g/mol. The van der Waals surface area contributed by atoms with Crippen LogP contribution in [0.3, 0.4) is 0 Å². The van der Waals surface area contributed by atoms with Crippen molar-refractivity contribution in [3.63, 3.8) is 0 Å². The minimum absolute atomic E-state index is 0.152. The smallest absolute Gasteiger partial charge is 0.118 e. The Morgan fingerprint density at radius 1 is 1.29 bits per heavy atom. The van der Waals surface area contributed by atoms with E-state index in [1.807, 2.05) is 24.3 Å². The minimum Gasteiger partial charge on any atom is -0.366 e. The van der Waals surface area contributed by atoms with E-state index in [1.165, 1.54) is 0 Å². The van der Waals surface area contributed by atoms with Gasteiger partial charge in [-0.15, -0.1) is 0 Å². The number of hydrogen-bond acceptors (Lipinski definition) is 1. The molecule has 2 heteroatoms. The van der Waals surface area contributed by atoms with Crippen LogP contribution in [-0.4, -0.2) is 12.7 Å². The first kappa shape index (κ1) is 9.76. The lowest BCUT2D eigenvalue weighted by Gasteiger charge is -1.97. The average Bonchev–Trinajstić information content (AvgIpc) is 2.70. The molecule has 0 amide bonds. The maximum Gasteiger partial charge on any atom is 0.118 e. The molecule has 0 saturated carbocycles. The topological polar surface area (TPSA) is 9.23 Å². The van der Waals surface area contributed by atoms with E-state index >= 15 is 0 Å². The second kappa shape index (κ2) is 4.63. The van der Waals surface area contributed by atoms with Crippen molar-refractivity contribution in [3.05, 3.63) is 34.3 Å². The summed E-state index contributed by atoms with van der Waals surface area (Å²) in [7, 11) is 0. The first-order valence-electron chi connectivity index (χ1n) is 4.73. The van der Waals surface area contributed by atoms with Crippen molar-refractivity contribution >= 4 is 15.9 Å². The fourth-order valence-electron chi connectivity index (χ4n) is 1.39. The fraction of sp³-hybridized carbons (Fsp3) is 0.333. The first-order chi connectivity index (χ1) is 6.84. The Morgan fingerprint density at radius 2 is 2.07 bits per heavy atom. The van der Waals surface area contributed by atoms with Gasteiger partial charge in [0.05, 0.1) is 0 Å². The van der Waals surface area contributed by atoms with Gasteiger partial charge in [-0.1, -0.05) is 27.8 Å². The Labute approximate surface area is 92.6 Å². The van der Waals surface area contributed by atoms with Gasteiger partial charge in [-0.25, -0.2) is 0 Å². The highest BCUT2D eigenvalue weighted by atomic mass is 79.9. The molecular weight excluding hydrogens is 240 g/mol. The largest absolute Gasteiger partial charge is 0.366 e. The molecule has 0 radical (unpaired) electrons. The van der Waals surface area contributed by atoms with E-state index in [-0.39, 0.29) is 6.10 Å². The summed E-state index contributed by atoms with van der Waals surface area (Å²) >= 11 is 3.39. The first-order valence-corrected chi connectivity index (χ1v) is 5.52. The zero-order chi connectivity index (χ0) is 9.80. The molecule has 0 unspecified atom stereocenters. The van der Waals surface area contributed by atoms with Crippen molar-refractivity contribution in [2.45, 2.75) is 18.9 Å².